The molecule has 4 heteroatoms. The molecule has 1 aliphatic heterocycles. The Bertz CT molecular complexity index is 454. The molecule has 1 atom stereocenters. The normalized spacial score (nSPS) is 18.8. The number of hydrogen-bond donors (Lipinski definition) is 0. The Morgan fingerprint density at radius 3 is 2.45 bits per heavy atom. The molecular formula is C16H22FNO2. The fourth-order valence-electron chi connectivity index (χ4n) is 2.91. The van der Waals surface area contributed by atoms with Gasteiger partial charge >= 0.3 is 5.97 Å². The van der Waals surface area contributed by atoms with Crippen molar-refractivity contribution in [3.8, 4) is 0 Å². The van der Waals surface area contributed by atoms with Crippen LogP contribution in [0.15, 0.2) is 24.3 Å². The number of likely N-dealkylation sites (tertiary alicyclic amines) is 1. The maximum atomic E-state index is 13.1. The molecule has 1 fully saturated rings. The molecule has 20 heavy (non-hydrogen) atoms. The molecule has 0 amide bonds. The largest absolute Gasteiger partial charge is 0.466 e. The molecule has 0 aromatic heterocycles. The smallest absolute Gasteiger partial charge is 0.307 e. The van der Waals surface area contributed by atoms with Gasteiger partial charge in [0, 0.05) is 0 Å². The van der Waals surface area contributed by atoms with Gasteiger partial charge in [-0.3, -0.25) is 9.69 Å². The van der Waals surface area contributed by atoms with Crippen LogP contribution in [0.2, 0.25) is 0 Å². The van der Waals surface area contributed by atoms with E-state index in [0.717, 1.165) is 31.5 Å². The fourth-order valence-corrected chi connectivity index (χ4v) is 2.91. The highest BCUT2D eigenvalue weighted by atomic mass is 19.1. The highest BCUT2D eigenvalue weighted by Crippen LogP contribution is 2.35. The van der Waals surface area contributed by atoms with Gasteiger partial charge in [-0.15, -0.1) is 0 Å². The quantitative estimate of drug-likeness (QED) is 0.776. The van der Waals surface area contributed by atoms with E-state index in [1.165, 1.54) is 12.1 Å². The molecule has 1 aromatic rings. The van der Waals surface area contributed by atoms with E-state index in [9.17, 15) is 9.18 Å². The van der Waals surface area contributed by atoms with Crippen molar-refractivity contribution in [2.75, 3.05) is 19.7 Å². The third-order valence-electron chi connectivity index (χ3n) is 4.06. The van der Waals surface area contributed by atoms with Crippen LogP contribution >= 0.6 is 0 Å². The Balaban J connectivity index is 2.27. The predicted octanol–water partition coefficient (Wildman–Crippen LogP) is 3.09. The summed E-state index contributed by atoms with van der Waals surface area (Å²) in [5.41, 5.74) is 0.546. The molecule has 1 heterocycles. The van der Waals surface area contributed by atoms with E-state index in [0.29, 0.717) is 13.0 Å². The molecule has 1 saturated heterocycles. The number of rotatable bonds is 5. The zero-order valence-electron chi connectivity index (χ0n) is 12.2. The molecule has 0 aliphatic carbocycles. The minimum Gasteiger partial charge on any atom is -0.466 e. The molecule has 0 bridgehead atoms. The van der Waals surface area contributed by atoms with Gasteiger partial charge in [-0.25, -0.2) is 4.39 Å². The van der Waals surface area contributed by atoms with Crippen molar-refractivity contribution in [1.82, 2.24) is 4.90 Å². The lowest BCUT2D eigenvalue weighted by atomic mass is 9.87. The van der Waals surface area contributed by atoms with E-state index in [2.05, 4.69) is 4.90 Å². The summed E-state index contributed by atoms with van der Waals surface area (Å²) in [6.45, 7) is 6.17. The van der Waals surface area contributed by atoms with Crippen LogP contribution in [0.3, 0.4) is 0 Å². The van der Waals surface area contributed by atoms with E-state index in [-0.39, 0.29) is 11.8 Å². The van der Waals surface area contributed by atoms with Gasteiger partial charge in [-0.05, 0) is 57.5 Å². The summed E-state index contributed by atoms with van der Waals surface area (Å²) in [5, 5.41) is 0. The Kier molecular flexibility index (Phi) is 4.76. The van der Waals surface area contributed by atoms with Crippen molar-refractivity contribution in [3.63, 3.8) is 0 Å². The van der Waals surface area contributed by atoms with Crippen molar-refractivity contribution in [2.24, 2.45) is 0 Å². The minimum absolute atomic E-state index is 0.203. The van der Waals surface area contributed by atoms with Crippen molar-refractivity contribution in [3.05, 3.63) is 35.6 Å². The molecule has 1 unspecified atom stereocenters. The second-order valence-electron chi connectivity index (χ2n) is 5.46. The van der Waals surface area contributed by atoms with E-state index < -0.39 is 5.54 Å². The van der Waals surface area contributed by atoms with Crippen molar-refractivity contribution >= 4 is 5.97 Å². The lowest BCUT2D eigenvalue weighted by Gasteiger charge is -2.38. The average Bonchev–Trinajstić information content (AvgIpc) is 2.94. The molecule has 3 nitrogen and oxygen atoms in total. The topological polar surface area (TPSA) is 29.5 Å². The van der Waals surface area contributed by atoms with E-state index in [1.54, 1.807) is 12.1 Å². The SMILES string of the molecule is CCOC(=O)CC(C)(c1ccc(F)cc1)N1CCCC1. The Hall–Kier alpha value is -1.42. The highest BCUT2D eigenvalue weighted by molar-refractivity contribution is 5.71. The third kappa shape index (κ3) is 3.18. The molecule has 0 radical (unpaired) electrons. The first kappa shape index (κ1) is 15.0. The number of nitrogens with zero attached hydrogens (tertiary/aromatic N) is 1. The second kappa shape index (κ2) is 6.35. The third-order valence-corrected chi connectivity index (χ3v) is 4.06. The number of carbonyl (C=O) groups is 1. The van der Waals surface area contributed by atoms with Crippen molar-refractivity contribution < 1.29 is 13.9 Å². The minimum atomic E-state index is -0.420. The van der Waals surface area contributed by atoms with Crippen LogP contribution in [0.1, 0.15) is 38.7 Å². The van der Waals surface area contributed by atoms with Crippen LogP contribution in [0.25, 0.3) is 0 Å². The standard InChI is InChI=1S/C16H22FNO2/c1-3-20-15(19)12-16(2,18-10-4-5-11-18)13-6-8-14(17)9-7-13/h6-9H,3-5,10-12H2,1-2H3. The van der Waals surface area contributed by atoms with Gasteiger partial charge in [0.25, 0.3) is 0 Å². The summed E-state index contributed by atoms with van der Waals surface area (Å²) in [5.74, 6) is -0.458. The molecule has 0 N–H and O–H groups in total. The highest BCUT2D eigenvalue weighted by Gasteiger charge is 2.37. The average molecular weight is 279 g/mol. The van der Waals surface area contributed by atoms with Crippen LogP contribution < -0.4 is 0 Å². The van der Waals surface area contributed by atoms with E-state index in [1.807, 2.05) is 13.8 Å². The van der Waals surface area contributed by atoms with Crippen LogP contribution in [0.4, 0.5) is 4.39 Å². The maximum Gasteiger partial charge on any atom is 0.307 e. The number of halogens is 1. The number of carbonyl (C=O) groups excluding carboxylic acids is 1. The number of hydrogen-bond acceptors (Lipinski definition) is 3. The Morgan fingerprint density at radius 1 is 1.30 bits per heavy atom. The van der Waals surface area contributed by atoms with Gasteiger partial charge < -0.3 is 4.74 Å². The maximum absolute atomic E-state index is 13.1. The first-order valence-corrected chi connectivity index (χ1v) is 7.23. The summed E-state index contributed by atoms with van der Waals surface area (Å²) in [6.07, 6.45) is 2.58. The fraction of sp³-hybridized carbons (Fsp3) is 0.562. The van der Waals surface area contributed by atoms with Crippen LogP contribution in [-0.4, -0.2) is 30.6 Å². The summed E-state index contributed by atoms with van der Waals surface area (Å²) in [6, 6.07) is 6.45. The molecule has 2 rings (SSSR count). The summed E-state index contributed by atoms with van der Waals surface area (Å²) in [7, 11) is 0. The lowest BCUT2D eigenvalue weighted by molar-refractivity contribution is -0.146. The first-order chi connectivity index (χ1) is 9.56. The van der Waals surface area contributed by atoms with Crippen molar-refractivity contribution in [1.29, 1.82) is 0 Å². The predicted molar refractivity (Wildman–Crippen MR) is 75.8 cm³/mol. The van der Waals surface area contributed by atoms with Gasteiger partial charge in [0.1, 0.15) is 5.82 Å². The Morgan fingerprint density at radius 2 is 1.90 bits per heavy atom. The second-order valence-corrected chi connectivity index (χ2v) is 5.46. The van der Waals surface area contributed by atoms with Crippen LogP contribution in [0, 0.1) is 5.82 Å². The Labute approximate surface area is 119 Å². The first-order valence-electron chi connectivity index (χ1n) is 7.23. The molecule has 1 aromatic carbocycles. The van der Waals surface area contributed by atoms with Gasteiger partial charge in [0.15, 0.2) is 0 Å². The number of esters is 1. The van der Waals surface area contributed by atoms with Gasteiger partial charge in [0.05, 0.1) is 18.6 Å². The molecular weight excluding hydrogens is 257 g/mol. The summed E-state index contributed by atoms with van der Waals surface area (Å²) >= 11 is 0. The zero-order valence-corrected chi connectivity index (χ0v) is 12.2. The molecule has 0 spiro atoms. The summed E-state index contributed by atoms with van der Waals surface area (Å²) < 4.78 is 18.2. The van der Waals surface area contributed by atoms with Gasteiger partial charge in [-0.1, -0.05) is 12.1 Å². The number of ether oxygens (including phenoxy) is 1. The zero-order chi connectivity index (χ0) is 14.6. The molecule has 110 valence electrons. The summed E-state index contributed by atoms with van der Waals surface area (Å²) in [4.78, 5) is 14.2. The van der Waals surface area contributed by atoms with Gasteiger partial charge in [0.2, 0.25) is 0 Å². The van der Waals surface area contributed by atoms with E-state index >= 15 is 0 Å². The monoisotopic (exact) mass is 279 g/mol. The van der Waals surface area contributed by atoms with Gasteiger partial charge in [-0.2, -0.15) is 0 Å². The lowest BCUT2D eigenvalue weighted by Crippen LogP contribution is -2.44. The van der Waals surface area contributed by atoms with Crippen molar-refractivity contribution in [2.45, 2.75) is 38.6 Å². The molecule has 0 saturated carbocycles. The molecule has 1 aliphatic rings. The van der Waals surface area contributed by atoms with Crippen LogP contribution in [0.5, 0.6) is 0 Å². The van der Waals surface area contributed by atoms with Crippen LogP contribution in [-0.2, 0) is 15.1 Å². The van der Waals surface area contributed by atoms with E-state index in [4.69, 9.17) is 4.74 Å². The number of benzene rings is 1.